The van der Waals surface area contributed by atoms with Gasteiger partial charge >= 0.3 is 0 Å². The van der Waals surface area contributed by atoms with Gasteiger partial charge in [0.2, 0.25) is 0 Å². The van der Waals surface area contributed by atoms with Crippen LogP contribution in [0.3, 0.4) is 0 Å². The van der Waals surface area contributed by atoms with Crippen LogP contribution >= 0.6 is 0 Å². The number of nitrogens with one attached hydrogen (secondary N) is 1. The summed E-state index contributed by atoms with van der Waals surface area (Å²) in [5.74, 6) is 1.60. The Balaban J connectivity index is 2.13. The molecule has 0 aliphatic rings. The highest BCUT2D eigenvalue weighted by Gasteiger charge is 2.06. The number of methoxy groups -OCH3 is 3. The van der Waals surface area contributed by atoms with E-state index in [-0.39, 0.29) is 0 Å². The number of hydrogen-bond donors (Lipinski definition) is 1. The largest absolute Gasteiger partial charge is 0.497 e. The zero-order valence-electron chi connectivity index (χ0n) is 12.7. The van der Waals surface area contributed by atoms with Crippen LogP contribution in [0.1, 0.15) is 11.1 Å². The average Bonchev–Trinajstić information content (AvgIpc) is 2.54. The molecular formula is C17H21NO3. The van der Waals surface area contributed by atoms with E-state index < -0.39 is 0 Å². The lowest BCUT2D eigenvalue weighted by molar-refractivity contribution is 0.185. The minimum atomic E-state index is 0.586. The normalized spacial score (nSPS) is 10.2. The molecule has 2 aromatic rings. The van der Waals surface area contributed by atoms with Gasteiger partial charge in [0.05, 0.1) is 20.8 Å². The van der Waals surface area contributed by atoms with Gasteiger partial charge in [0.1, 0.15) is 11.5 Å². The fourth-order valence-electron chi connectivity index (χ4n) is 2.16. The van der Waals surface area contributed by atoms with Gasteiger partial charge in [-0.25, -0.2) is 0 Å². The summed E-state index contributed by atoms with van der Waals surface area (Å²) in [5.41, 5.74) is 3.27. The third kappa shape index (κ3) is 3.89. The molecule has 0 amide bonds. The number of hydrogen-bond acceptors (Lipinski definition) is 4. The lowest BCUT2D eigenvalue weighted by atomic mass is 10.1. The van der Waals surface area contributed by atoms with Gasteiger partial charge in [-0.3, -0.25) is 0 Å². The molecule has 112 valence electrons. The second-order valence-corrected chi connectivity index (χ2v) is 4.62. The Morgan fingerprint density at radius 3 is 2.43 bits per heavy atom. The first kappa shape index (κ1) is 15.2. The summed E-state index contributed by atoms with van der Waals surface area (Å²) >= 11 is 0. The molecule has 2 rings (SSSR count). The molecule has 0 saturated heterocycles. The molecule has 0 spiro atoms. The molecule has 0 aliphatic carbocycles. The monoisotopic (exact) mass is 287 g/mol. The summed E-state index contributed by atoms with van der Waals surface area (Å²) in [6.45, 7) is 1.26. The van der Waals surface area contributed by atoms with Crippen LogP contribution in [0.25, 0.3) is 0 Å². The fourth-order valence-corrected chi connectivity index (χ4v) is 2.16. The molecule has 0 aliphatic heterocycles. The third-order valence-corrected chi connectivity index (χ3v) is 3.28. The summed E-state index contributed by atoms with van der Waals surface area (Å²) in [7, 11) is 5.01. The smallest absolute Gasteiger partial charge is 0.127 e. The van der Waals surface area contributed by atoms with Crippen LogP contribution in [0.4, 0.5) is 5.69 Å². The van der Waals surface area contributed by atoms with Gasteiger partial charge in [-0.1, -0.05) is 18.2 Å². The first-order valence-electron chi connectivity index (χ1n) is 6.80. The molecule has 0 heterocycles. The van der Waals surface area contributed by atoms with Gasteiger partial charge in [-0.15, -0.1) is 0 Å². The zero-order valence-corrected chi connectivity index (χ0v) is 12.7. The molecule has 2 aromatic carbocycles. The second-order valence-electron chi connectivity index (χ2n) is 4.62. The standard InChI is InChI=1S/C17H21NO3/c1-19-12-14-6-4-5-7-16(14)18-11-13-8-9-15(20-2)10-17(13)21-3/h4-10,18H,11-12H2,1-3H3. The van der Waals surface area contributed by atoms with Crippen molar-refractivity contribution in [1.29, 1.82) is 0 Å². The van der Waals surface area contributed by atoms with Crippen molar-refractivity contribution >= 4 is 5.69 Å². The van der Waals surface area contributed by atoms with E-state index in [1.165, 1.54) is 0 Å². The van der Waals surface area contributed by atoms with Gasteiger partial charge < -0.3 is 19.5 Å². The molecule has 0 fully saturated rings. The van der Waals surface area contributed by atoms with E-state index in [1.807, 2.05) is 36.4 Å². The predicted molar refractivity (Wildman–Crippen MR) is 84.0 cm³/mol. The first-order chi connectivity index (χ1) is 10.3. The molecule has 1 N–H and O–H groups in total. The molecular weight excluding hydrogens is 266 g/mol. The Labute approximate surface area is 125 Å². The van der Waals surface area contributed by atoms with Gasteiger partial charge in [0.25, 0.3) is 0 Å². The molecule has 0 atom stereocenters. The lowest BCUT2D eigenvalue weighted by Gasteiger charge is -2.14. The first-order valence-corrected chi connectivity index (χ1v) is 6.80. The van der Waals surface area contributed by atoms with Crippen LogP contribution in [0, 0.1) is 0 Å². The van der Waals surface area contributed by atoms with Crippen LogP contribution < -0.4 is 14.8 Å². The van der Waals surface area contributed by atoms with Crippen molar-refractivity contribution in [1.82, 2.24) is 0 Å². The summed E-state index contributed by atoms with van der Waals surface area (Å²) in [6, 6.07) is 13.9. The van der Waals surface area contributed by atoms with Crippen LogP contribution in [-0.4, -0.2) is 21.3 Å². The molecule has 0 unspecified atom stereocenters. The van der Waals surface area contributed by atoms with Crippen LogP contribution in [0.15, 0.2) is 42.5 Å². The lowest BCUT2D eigenvalue weighted by Crippen LogP contribution is -2.04. The van der Waals surface area contributed by atoms with E-state index in [0.29, 0.717) is 13.2 Å². The quantitative estimate of drug-likeness (QED) is 0.846. The number of anilines is 1. The summed E-state index contributed by atoms with van der Waals surface area (Å²) in [6.07, 6.45) is 0. The maximum Gasteiger partial charge on any atom is 0.127 e. The van der Waals surface area contributed by atoms with E-state index >= 15 is 0 Å². The topological polar surface area (TPSA) is 39.7 Å². The zero-order chi connectivity index (χ0) is 15.1. The molecule has 21 heavy (non-hydrogen) atoms. The van der Waals surface area contributed by atoms with Gasteiger partial charge in [-0.05, 0) is 18.2 Å². The van der Waals surface area contributed by atoms with E-state index in [2.05, 4.69) is 11.4 Å². The van der Waals surface area contributed by atoms with E-state index in [0.717, 1.165) is 28.3 Å². The van der Waals surface area contributed by atoms with Crippen LogP contribution in [-0.2, 0) is 17.9 Å². The van der Waals surface area contributed by atoms with Crippen molar-refractivity contribution in [3.05, 3.63) is 53.6 Å². The molecule has 4 heteroatoms. The number of benzene rings is 2. The van der Waals surface area contributed by atoms with Crippen molar-refractivity contribution in [2.75, 3.05) is 26.6 Å². The highest BCUT2D eigenvalue weighted by Crippen LogP contribution is 2.26. The van der Waals surface area contributed by atoms with Gasteiger partial charge in [-0.2, -0.15) is 0 Å². The SMILES string of the molecule is COCc1ccccc1NCc1ccc(OC)cc1OC. The van der Waals surface area contributed by atoms with Crippen molar-refractivity contribution in [3.8, 4) is 11.5 Å². The Kier molecular flexibility index (Phi) is 5.46. The van der Waals surface area contributed by atoms with Gasteiger partial charge in [0, 0.05) is 36.5 Å². The summed E-state index contributed by atoms with van der Waals surface area (Å²) in [5, 5.41) is 3.43. The van der Waals surface area contributed by atoms with Gasteiger partial charge in [0.15, 0.2) is 0 Å². The maximum atomic E-state index is 5.41. The van der Waals surface area contributed by atoms with Crippen molar-refractivity contribution < 1.29 is 14.2 Å². The minimum Gasteiger partial charge on any atom is -0.497 e. The Hall–Kier alpha value is -2.20. The van der Waals surface area contributed by atoms with Crippen LogP contribution in [0.5, 0.6) is 11.5 Å². The van der Waals surface area contributed by atoms with Crippen molar-refractivity contribution in [2.24, 2.45) is 0 Å². The van der Waals surface area contributed by atoms with Crippen molar-refractivity contribution in [2.45, 2.75) is 13.2 Å². The number of para-hydroxylation sites is 1. The molecule has 0 aromatic heterocycles. The molecule has 0 saturated carbocycles. The fraction of sp³-hybridized carbons (Fsp3) is 0.294. The molecule has 0 radical (unpaired) electrons. The van der Waals surface area contributed by atoms with Crippen LogP contribution in [0.2, 0.25) is 0 Å². The van der Waals surface area contributed by atoms with E-state index in [9.17, 15) is 0 Å². The summed E-state index contributed by atoms with van der Waals surface area (Å²) < 4.78 is 15.8. The maximum absolute atomic E-state index is 5.41. The minimum absolute atomic E-state index is 0.586. The van der Waals surface area contributed by atoms with E-state index in [4.69, 9.17) is 14.2 Å². The van der Waals surface area contributed by atoms with E-state index in [1.54, 1.807) is 21.3 Å². The second kappa shape index (κ2) is 7.55. The Morgan fingerprint density at radius 2 is 1.71 bits per heavy atom. The molecule has 0 bridgehead atoms. The van der Waals surface area contributed by atoms with Crippen molar-refractivity contribution in [3.63, 3.8) is 0 Å². The number of rotatable bonds is 7. The Bertz CT molecular complexity index is 584. The highest BCUT2D eigenvalue weighted by atomic mass is 16.5. The average molecular weight is 287 g/mol. The Morgan fingerprint density at radius 1 is 0.905 bits per heavy atom. The predicted octanol–water partition coefficient (Wildman–Crippen LogP) is 3.46. The third-order valence-electron chi connectivity index (χ3n) is 3.28. The molecule has 4 nitrogen and oxygen atoms in total. The number of ether oxygens (including phenoxy) is 3. The summed E-state index contributed by atoms with van der Waals surface area (Å²) in [4.78, 5) is 0. The highest BCUT2D eigenvalue weighted by molar-refractivity contribution is 5.52.